The zero-order valence-electron chi connectivity index (χ0n) is 12.1. The summed E-state index contributed by atoms with van der Waals surface area (Å²) in [5, 5.41) is 6.63. The number of anilines is 2. The lowest BCUT2D eigenvalue weighted by atomic mass is 10.1. The first-order chi connectivity index (χ1) is 8.47. The van der Waals surface area contributed by atoms with Crippen LogP contribution in [0.3, 0.4) is 0 Å². The zero-order chi connectivity index (χ0) is 13.3. The van der Waals surface area contributed by atoms with Gasteiger partial charge in [0.25, 0.3) is 0 Å². The van der Waals surface area contributed by atoms with E-state index >= 15 is 0 Å². The first-order valence-electron chi connectivity index (χ1n) is 6.77. The lowest BCUT2D eigenvalue weighted by Crippen LogP contribution is -2.12. The molecule has 4 nitrogen and oxygen atoms in total. The molecule has 1 saturated carbocycles. The van der Waals surface area contributed by atoms with Gasteiger partial charge in [-0.2, -0.15) is 0 Å². The Hall–Kier alpha value is -1.32. The van der Waals surface area contributed by atoms with Crippen LogP contribution in [0.15, 0.2) is 0 Å². The molecule has 1 aliphatic rings. The summed E-state index contributed by atoms with van der Waals surface area (Å²) in [6.07, 6.45) is 2.17. The molecule has 2 rings (SSSR count). The second-order valence-electron chi connectivity index (χ2n) is 5.84. The summed E-state index contributed by atoms with van der Waals surface area (Å²) in [5.74, 6) is 3.57. The first-order valence-corrected chi connectivity index (χ1v) is 6.77. The highest BCUT2D eigenvalue weighted by Gasteiger charge is 2.45. The molecule has 0 saturated heterocycles. The summed E-state index contributed by atoms with van der Waals surface area (Å²) >= 11 is 0. The fourth-order valence-corrected chi connectivity index (χ4v) is 2.28. The highest BCUT2D eigenvalue weighted by atomic mass is 15.1. The van der Waals surface area contributed by atoms with Crippen LogP contribution in [-0.2, 0) is 6.42 Å². The minimum atomic E-state index is 0.507. The number of hydrogen-bond donors (Lipinski definition) is 2. The predicted molar refractivity (Wildman–Crippen MR) is 76.1 cm³/mol. The molecule has 0 bridgehead atoms. The van der Waals surface area contributed by atoms with Crippen molar-refractivity contribution in [1.29, 1.82) is 0 Å². The van der Waals surface area contributed by atoms with Gasteiger partial charge in [-0.1, -0.05) is 20.8 Å². The van der Waals surface area contributed by atoms with Crippen LogP contribution in [0.1, 0.15) is 38.6 Å². The van der Waals surface area contributed by atoms with Crippen LogP contribution in [0.4, 0.5) is 11.6 Å². The van der Waals surface area contributed by atoms with Crippen LogP contribution in [0.2, 0.25) is 0 Å². The van der Waals surface area contributed by atoms with Gasteiger partial charge in [0.15, 0.2) is 0 Å². The molecule has 100 valence electrons. The van der Waals surface area contributed by atoms with Gasteiger partial charge in [-0.25, -0.2) is 9.97 Å². The van der Waals surface area contributed by atoms with Crippen LogP contribution in [0.5, 0.6) is 0 Å². The van der Waals surface area contributed by atoms with Crippen LogP contribution >= 0.6 is 0 Å². The van der Waals surface area contributed by atoms with Gasteiger partial charge in [0.2, 0.25) is 0 Å². The molecule has 1 aromatic heterocycles. The summed E-state index contributed by atoms with van der Waals surface area (Å²) in [4.78, 5) is 9.06. The fourth-order valence-electron chi connectivity index (χ4n) is 2.28. The van der Waals surface area contributed by atoms with Crippen LogP contribution in [-0.4, -0.2) is 23.6 Å². The third-order valence-corrected chi connectivity index (χ3v) is 3.98. The van der Waals surface area contributed by atoms with Crippen LogP contribution in [0, 0.1) is 18.3 Å². The van der Waals surface area contributed by atoms with Crippen molar-refractivity contribution < 1.29 is 0 Å². The molecular formula is C14H24N4. The van der Waals surface area contributed by atoms with Crippen molar-refractivity contribution in [3.05, 3.63) is 11.4 Å². The third kappa shape index (κ3) is 2.57. The number of rotatable bonds is 5. The minimum absolute atomic E-state index is 0.507. The number of aromatic nitrogens is 2. The van der Waals surface area contributed by atoms with E-state index < -0.39 is 0 Å². The van der Waals surface area contributed by atoms with E-state index in [9.17, 15) is 0 Å². The van der Waals surface area contributed by atoms with E-state index in [-0.39, 0.29) is 0 Å². The van der Waals surface area contributed by atoms with Crippen molar-refractivity contribution in [1.82, 2.24) is 9.97 Å². The number of aryl methyl sites for hydroxylation is 1. The van der Waals surface area contributed by atoms with Gasteiger partial charge in [0.1, 0.15) is 17.5 Å². The maximum absolute atomic E-state index is 4.58. The molecule has 1 unspecified atom stereocenters. The predicted octanol–water partition coefficient (Wildman–Crippen LogP) is 2.85. The Labute approximate surface area is 110 Å². The average Bonchev–Trinajstić information content (AvgIpc) is 2.96. The second-order valence-corrected chi connectivity index (χ2v) is 5.84. The van der Waals surface area contributed by atoms with E-state index in [0.717, 1.165) is 41.9 Å². The zero-order valence-corrected chi connectivity index (χ0v) is 12.1. The summed E-state index contributed by atoms with van der Waals surface area (Å²) in [6, 6.07) is 0. The molecule has 1 aliphatic carbocycles. The van der Waals surface area contributed by atoms with Crippen molar-refractivity contribution >= 4 is 11.6 Å². The molecule has 1 heterocycles. The second kappa shape index (κ2) is 4.75. The van der Waals surface area contributed by atoms with Crippen molar-refractivity contribution in [3.63, 3.8) is 0 Å². The molecule has 18 heavy (non-hydrogen) atoms. The minimum Gasteiger partial charge on any atom is -0.373 e. The van der Waals surface area contributed by atoms with Crippen molar-refractivity contribution in [3.8, 4) is 0 Å². The van der Waals surface area contributed by atoms with Gasteiger partial charge in [-0.05, 0) is 24.7 Å². The lowest BCUT2D eigenvalue weighted by Gasteiger charge is -2.13. The quantitative estimate of drug-likeness (QED) is 0.841. The summed E-state index contributed by atoms with van der Waals surface area (Å²) in [5.41, 5.74) is 1.61. The van der Waals surface area contributed by atoms with Crippen molar-refractivity contribution in [2.24, 2.45) is 11.3 Å². The highest BCUT2D eigenvalue weighted by Crippen LogP contribution is 2.51. The van der Waals surface area contributed by atoms with E-state index in [2.05, 4.69) is 48.3 Å². The Kier molecular flexibility index (Phi) is 3.46. The van der Waals surface area contributed by atoms with Gasteiger partial charge in [-0.3, -0.25) is 0 Å². The SMILES string of the molecule is CCc1nc(NC)c(C)c(NCC2CC2(C)C)n1. The topological polar surface area (TPSA) is 49.8 Å². The third-order valence-electron chi connectivity index (χ3n) is 3.98. The number of nitrogens with zero attached hydrogens (tertiary/aromatic N) is 2. The molecule has 0 aliphatic heterocycles. The van der Waals surface area contributed by atoms with Crippen LogP contribution < -0.4 is 10.6 Å². The van der Waals surface area contributed by atoms with E-state index in [1.807, 2.05) is 7.05 Å². The van der Waals surface area contributed by atoms with Crippen LogP contribution in [0.25, 0.3) is 0 Å². The number of nitrogens with one attached hydrogen (secondary N) is 2. The van der Waals surface area contributed by atoms with E-state index in [4.69, 9.17) is 0 Å². The van der Waals surface area contributed by atoms with Gasteiger partial charge < -0.3 is 10.6 Å². The molecular weight excluding hydrogens is 224 g/mol. The fraction of sp³-hybridized carbons (Fsp3) is 0.714. The highest BCUT2D eigenvalue weighted by molar-refractivity contribution is 5.57. The molecule has 4 heteroatoms. The Bertz CT molecular complexity index is 440. The maximum atomic E-state index is 4.58. The molecule has 0 radical (unpaired) electrons. The normalized spacial score (nSPS) is 20.6. The average molecular weight is 248 g/mol. The van der Waals surface area contributed by atoms with Gasteiger partial charge in [0.05, 0.1) is 0 Å². The van der Waals surface area contributed by atoms with E-state index in [1.54, 1.807) is 0 Å². The maximum Gasteiger partial charge on any atom is 0.134 e. The molecule has 1 fully saturated rings. The van der Waals surface area contributed by atoms with Gasteiger partial charge in [-0.15, -0.1) is 0 Å². The van der Waals surface area contributed by atoms with E-state index in [0.29, 0.717) is 5.41 Å². The largest absolute Gasteiger partial charge is 0.373 e. The molecule has 0 amide bonds. The first kappa shape index (κ1) is 13.1. The van der Waals surface area contributed by atoms with E-state index in [1.165, 1.54) is 6.42 Å². The Balaban J connectivity index is 2.11. The van der Waals surface area contributed by atoms with Gasteiger partial charge >= 0.3 is 0 Å². The molecule has 1 aromatic rings. The molecule has 2 N–H and O–H groups in total. The smallest absolute Gasteiger partial charge is 0.134 e. The van der Waals surface area contributed by atoms with Crippen molar-refractivity contribution in [2.75, 3.05) is 24.2 Å². The monoisotopic (exact) mass is 248 g/mol. The Morgan fingerprint density at radius 1 is 1.28 bits per heavy atom. The molecule has 0 aromatic carbocycles. The van der Waals surface area contributed by atoms with Crippen molar-refractivity contribution in [2.45, 2.75) is 40.5 Å². The number of hydrogen-bond acceptors (Lipinski definition) is 4. The summed E-state index contributed by atoms with van der Waals surface area (Å²) in [6.45, 7) is 9.80. The summed E-state index contributed by atoms with van der Waals surface area (Å²) < 4.78 is 0. The molecule has 1 atom stereocenters. The Morgan fingerprint density at radius 3 is 2.39 bits per heavy atom. The Morgan fingerprint density at radius 2 is 1.89 bits per heavy atom. The summed E-state index contributed by atoms with van der Waals surface area (Å²) in [7, 11) is 1.91. The standard InChI is InChI=1S/C14H24N4/c1-6-11-17-12(15-5)9(2)13(18-11)16-8-10-7-14(10,3)4/h10H,6-8H2,1-5H3,(H2,15,16,17,18). The molecule has 0 spiro atoms. The lowest BCUT2D eigenvalue weighted by molar-refractivity contribution is 0.572. The van der Waals surface area contributed by atoms with Gasteiger partial charge in [0, 0.05) is 25.6 Å².